The third-order valence-corrected chi connectivity index (χ3v) is 3.32. The maximum Gasteiger partial charge on any atom is 0.266 e. The lowest BCUT2D eigenvalue weighted by Gasteiger charge is -2.30. The number of nitrogens with two attached hydrogens (primary N) is 1. The highest BCUT2D eigenvalue weighted by Crippen LogP contribution is 2.37. The van der Waals surface area contributed by atoms with E-state index < -0.39 is 11.8 Å². The topological polar surface area (TPSA) is 61.6 Å². The van der Waals surface area contributed by atoms with Crippen molar-refractivity contribution >= 4 is 5.78 Å². The van der Waals surface area contributed by atoms with Crippen molar-refractivity contribution in [2.75, 3.05) is 0 Å². The number of ketones is 1. The standard InChI is InChI=1S/C14H19NO3/c1-3-7-12(16)14(15,4-2)13-17-10-8-5-6-9-11(10)18-13/h5-6,8-9,13H,3-4,7,15H2,1-2H3. The zero-order valence-electron chi connectivity index (χ0n) is 10.8. The average Bonchev–Trinajstić information content (AvgIpc) is 2.82. The molecule has 4 nitrogen and oxygen atoms in total. The number of rotatable bonds is 5. The highest BCUT2D eigenvalue weighted by Gasteiger charge is 2.46. The lowest BCUT2D eigenvalue weighted by molar-refractivity contribution is -0.134. The van der Waals surface area contributed by atoms with Gasteiger partial charge in [0.1, 0.15) is 5.54 Å². The van der Waals surface area contributed by atoms with E-state index >= 15 is 0 Å². The van der Waals surface area contributed by atoms with Crippen LogP contribution in [0.2, 0.25) is 0 Å². The SMILES string of the molecule is CCCC(=O)C(N)(CC)C1Oc2ccccc2O1. The van der Waals surface area contributed by atoms with E-state index in [1.165, 1.54) is 0 Å². The molecule has 18 heavy (non-hydrogen) atoms. The Labute approximate surface area is 107 Å². The fourth-order valence-electron chi connectivity index (χ4n) is 2.06. The molecule has 1 aromatic carbocycles. The van der Waals surface area contributed by atoms with Crippen LogP contribution in [0.1, 0.15) is 33.1 Å². The summed E-state index contributed by atoms with van der Waals surface area (Å²) in [7, 11) is 0. The number of para-hydroxylation sites is 2. The molecule has 98 valence electrons. The smallest absolute Gasteiger partial charge is 0.266 e. The molecule has 0 radical (unpaired) electrons. The number of Topliss-reactive ketones (excluding diaryl/α,β-unsaturated/α-hetero) is 1. The molecule has 1 aromatic rings. The zero-order valence-corrected chi connectivity index (χ0v) is 10.8. The van der Waals surface area contributed by atoms with Gasteiger partial charge in [-0.3, -0.25) is 4.79 Å². The Morgan fingerprint density at radius 2 is 1.83 bits per heavy atom. The minimum absolute atomic E-state index is 0.00898. The average molecular weight is 249 g/mol. The zero-order chi connectivity index (χ0) is 13.2. The van der Waals surface area contributed by atoms with Crippen LogP contribution in [0.15, 0.2) is 24.3 Å². The summed E-state index contributed by atoms with van der Waals surface area (Å²) in [6.07, 6.45) is 0.991. The van der Waals surface area contributed by atoms with Gasteiger partial charge in [0.25, 0.3) is 6.29 Å². The van der Waals surface area contributed by atoms with Gasteiger partial charge >= 0.3 is 0 Å². The Bertz CT molecular complexity index is 421. The van der Waals surface area contributed by atoms with Crippen molar-refractivity contribution in [3.05, 3.63) is 24.3 Å². The first-order valence-corrected chi connectivity index (χ1v) is 6.36. The molecule has 1 heterocycles. The highest BCUT2D eigenvalue weighted by molar-refractivity contribution is 5.88. The van der Waals surface area contributed by atoms with Gasteiger partial charge in [-0.1, -0.05) is 26.0 Å². The van der Waals surface area contributed by atoms with Crippen LogP contribution in [0.5, 0.6) is 11.5 Å². The van der Waals surface area contributed by atoms with Crippen LogP contribution in [0.25, 0.3) is 0 Å². The predicted molar refractivity (Wildman–Crippen MR) is 68.6 cm³/mol. The third-order valence-electron chi connectivity index (χ3n) is 3.32. The number of hydrogen-bond acceptors (Lipinski definition) is 4. The molecule has 2 rings (SSSR count). The fraction of sp³-hybridized carbons (Fsp3) is 0.500. The van der Waals surface area contributed by atoms with Crippen LogP contribution in [-0.4, -0.2) is 17.6 Å². The maximum absolute atomic E-state index is 12.1. The second-order valence-corrected chi connectivity index (χ2v) is 4.58. The summed E-state index contributed by atoms with van der Waals surface area (Å²) in [5, 5.41) is 0. The summed E-state index contributed by atoms with van der Waals surface area (Å²) < 4.78 is 11.3. The number of ether oxygens (including phenoxy) is 2. The molecule has 1 unspecified atom stereocenters. The Kier molecular flexibility index (Phi) is 3.57. The Balaban J connectivity index is 2.19. The van der Waals surface area contributed by atoms with E-state index in [9.17, 15) is 4.79 Å². The summed E-state index contributed by atoms with van der Waals surface area (Å²) in [6.45, 7) is 3.84. The molecule has 0 fully saturated rings. The van der Waals surface area contributed by atoms with Crippen molar-refractivity contribution in [3.63, 3.8) is 0 Å². The van der Waals surface area contributed by atoms with Gasteiger partial charge in [-0.2, -0.15) is 0 Å². The van der Waals surface area contributed by atoms with E-state index in [4.69, 9.17) is 15.2 Å². The Hall–Kier alpha value is -1.55. The molecule has 0 saturated carbocycles. The second-order valence-electron chi connectivity index (χ2n) is 4.58. The van der Waals surface area contributed by atoms with Gasteiger partial charge in [-0.15, -0.1) is 0 Å². The van der Waals surface area contributed by atoms with E-state index in [0.717, 1.165) is 6.42 Å². The number of carbonyl (C=O) groups excluding carboxylic acids is 1. The second kappa shape index (κ2) is 4.98. The molecule has 0 aliphatic carbocycles. The Morgan fingerprint density at radius 3 is 2.28 bits per heavy atom. The molecule has 2 N–H and O–H groups in total. The van der Waals surface area contributed by atoms with Crippen molar-refractivity contribution < 1.29 is 14.3 Å². The first kappa shape index (κ1) is 12.9. The first-order valence-electron chi connectivity index (χ1n) is 6.36. The molecular formula is C14H19NO3. The monoisotopic (exact) mass is 249 g/mol. The summed E-state index contributed by atoms with van der Waals surface area (Å²) in [5.41, 5.74) is 5.14. The van der Waals surface area contributed by atoms with Gasteiger partial charge < -0.3 is 15.2 Å². The molecule has 4 heteroatoms. The number of hydrogen-bond donors (Lipinski definition) is 1. The van der Waals surface area contributed by atoms with Gasteiger partial charge in [-0.05, 0) is 25.0 Å². The van der Waals surface area contributed by atoms with Gasteiger partial charge in [0, 0.05) is 6.42 Å². The molecule has 0 spiro atoms. The summed E-state index contributed by atoms with van der Waals surface area (Å²) in [6, 6.07) is 7.36. The summed E-state index contributed by atoms with van der Waals surface area (Å²) in [5.74, 6) is 1.29. The number of carbonyl (C=O) groups is 1. The van der Waals surface area contributed by atoms with Crippen LogP contribution in [0.3, 0.4) is 0 Å². The lowest BCUT2D eigenvalue weighted by atomic mass is 9.88. The molecule has 0 bridgehead atoms. The molecule has 0 saturated heterocycles. The van der Waals surface area contributed by atoms with Gasteiger partial charge in [0.15, 0.2) is 17.3 Å². The summed E-state index contributed by atoms with van der Waals surface area (Å²) >= 11 is 0. The van der Waals surface area contributed by atoms with Crippen LogP contribution in [0, 0.1) is 0 Å². The number of fused-ring (bicyclic) bond motifs is 1. The van der Waals surface area contributed by atoms with E-state index in [0.29, 0.717) is 24.3 Å². The van der Waals surface area contributed by atoms with Crippen molar-refractivity contribution in [2.24, 2.45) is 5.73 Å². The molecule has 0 aromatic heterocycles. The van der Waals surface area contributed by atoms with Gasteiger partial charge in [-0.25, -0.2) is 0 Å². The van der Waals surface area contributed by atoms with Crippen LogP contribution < -0.4 is 15.2 Å². The highest BCUT2D eigenvalue weighted by atomic mass is 16.7. The normalized spacial score (nSPS) is 17.5. The minimum Gasteiger partial charge on any atom is -0.448 e. The minimum atomic E-state index is -1.07. The first-order chi connectivity index (χ1) is 8.61. The molecular weight excluding hydrogens is 230 g/mol. The van der Waals surface area contributed by atoms with Gasteiger partial charge in [0.2, 0.25) is 0 Å². The number of benzene rings is 1. The quantitative estimate of drug-likeness (QED) is 0.869. The van der Waals surface area contributed by atoms with Crippen molar-refractivity contribution in [1.82, 2.24) is 0 Å². The van der Waals surface area contributed by atoms with E-state index in [-0.39, 0.29) is 5.78 Å². The maximum atomic E-state index is 12.1. The van der Waals surface area contributed by atoms with Crippen LogP contribution >= 0.6 is 0 Å². The molecule has 1 aliphatic heterocycles. The van der Waals surface area contributed by atoms with Crippen molar-refractivity contribution in [3.8, 4) is 11.5 Å². The Morgan fingerprint density at radius 1 is 1.28 bits per heavy atom. The fourth-order valence-corrected chi connectivity index (χ4v) is 2.06. The van der Waals surface area contributed by atoms with Gasteiger partial charge in [0.05, 0.1) is 0 Å². The molecule has 0 amide bonds. The predicted octanol–water partition coefficient (Wildman–Crippen LogP) is 2.26. The van der Waals surface area contributed by atoms with E-state index in [2.05, 4.69) is 0 Å². The third kappa shape index (κ3) is 2.08. The van der Waals surface area contributed by atoms with Crippen molar-refractivity contribution in [1.29, 1.82) is 0 Å². The van der Waals surface area contributed by atoms with Crippen LogP contribution in [0.4, 0.5) is 0 Å². The lowest BCUT2D eigenvalue weighted by Crippen LogP contribution is -2.60. The van der Waals surface area contributed by atoms with E-state index in [1.54, 1.807) is 0 Å². The molecule has 1 atom stereocenters. The van der Waals surface area contributed by atoms with Crippen molar-refractivity contribution in [2.45, 2.75) is 44.9 Å². The van der Waals surface area contributed by atoms with E-state index in [1.807, 2.05) is 38.1 Å². The largest absolute Gasteiger partial charge is 0.448 e. The molecule has 1 aliphatic rings. The van der Waals surface area contributed by atoms with Crippen LogP contribution in [-0.2, 0) is 4.79 Å². The summed E-state index contributed by atoms with van der Waals surface area (Å²) in [4.78, 5) is 12.1.